The van der Waals surface area contributed by atoms with Gasteiger partial charge in [-0.25, -0.2) is 0 Å². The minimum atomic E-state index is -6.02. The molecule has 210 valence electrons. The molecule has 2 aromatic rings. The number of hydrogen-bond acceptors (Lipinski definition) is 4. The molecule has 0 amide bonds. The van der Waals surface area contributed by atoms with Crippen molar-refractivity contribution in [3.05, 3.63) is 64.2 Å². The first-order chi connectivity index (χ1) is 17.6. The van der Waals surface area contributed by atoms with Gasteiger partial charge in [0.25, 0.3) is 0 Å². The first-order valence-corrected chi connectivity index (χ1v) is 12.1. The lowest BCUT2D eigenvalue weighted by Crippen LogP contribution is -2.55. The van der Waals surface area contributed by atoms with Crippen LogP contribution in [0.2, 0.25) is 0 Å². The van der Waals surface area contributed by atoms with E-state index in [2.05, 4.69) is 0 Å². The van der Waals surface area contributed by atoms with E-state index in [9.17, 15) is 41.7 Å². The van der Waals surface area contributed by atoms with Crippen LogP contribution in [0, 0.1) is 31.6 Å². The number of hydrogen-bond donors (Lipinski definition) is 3. The highest BCUT2D eigenvalue weighted by Gasteiger charge is 2.70. The second-order valence-corrected chi connectivity index (χ2v) is 9.30. The lowest BCUT2D eigenvalue weighted by Gasteiger charge is -2.34. The quantitative estimate of drug-likeness (QED) is 0.283. The van der Waals surface area contributed by atoms with E-state index in [4.69, 9.17) is 4.74 Å². The van der Waals surface area contributed by atoms with E-state index in [0.717, 1.165) is 22.6 Å². The zero-order chi connectivity index (χ0) is 28.9. The summed E-state index contributed by atoms with van der Waals surface area (Å²) in [7, 11) is 0. The van der Waals surface area contributed by atoms with Gasteiger partial charge in [-0.15, -0.1) is 0 Å². The zero-order valence-electron chi connectivity index (χ0n) is 21.6. The Morgan fingerprint density at radius 3 is 1.74 bits per heavy atom. The van der Waals surface area contributed by atoms with Crippen molar-refractivity contribution < 1.29 is 46.4 Å². The van der Waals surface area contributed by atoms with Crippen molar-refractivity contribution in [2.75, 3.05) is 19.8 Å². The van der Waals surface area contributed by atoms with Gasteiger partial charge in [-0.2, -0.15) is 26.3 Å². The summed E-state index contributed by atoms with van der Waals surface area (Å²) in [6, 6.07) is 10.3. The minimum Gasteiger partial charge on any atom is -0.493 e. The van der Waals surface area contributed by atoms with Gasteiger partial charge in [0.2, 0.25) is 0 Å². The SMILES string of the molecule is CCC(CC)(c1ccc(C#CC(O)(C(F)(F)F)C(F)(F)F)c(C)c1)c1ccc(OCC(CO)CO)c(C)c1. The maximum Gasteiger partial charge on any atom is 0.438 e. The van der Waals surface area contributed by atoms with E-state index in [1.54, 1.807) is 18.2 Å². The summed E-state index contributed by atoms with van der Waals surface area (Å²) in [5.41, 5.74) is -2.79. The Morgan fingerprint density at radius 2 is 1.32 bits per heavy atom. The Kier molecular flexibility index (Phi) is 9.92. The van der Waals surface area contributed by atoms with Crippen molar-refractivity contribution in [2.45, 2.75) is 63.9 Å². The molecule has 0 heterocycles. The highest BCUT2D eigenvalue weighted by molar-refractivity contribution is 5.50. The second kappa shape index (κ2) is 12.0. The maximum absolute atomic E-state index is 13.0. The van der Waals surface area contributed by atoms with Crippen molar-refractivity contribution >= 4 is 0 Å². The molecule has 0 aliphatic carbocycles. The first-order valence-electron chi connectivity index (χ1n) is 12.1. The van der Waals surface area contributed by atoms with E-state index in [1.807, 2.05) is 38.8 Å². The average molecular weight is 547 g/mol. The Labute approximate surface area is 218 Å². The summed E-state index contributed by atoms with van der Waals surface area (Å²) in [4.78, 5) is 0. The smallest absolute Gasteiger partial charge is 0.438 e. The molecule has 2 aromatic carbocycles. The molecule has 4 nitrogen and oxygen atoms in total. The summed E-state index contributed by atoms with van der Waals surface area (Å²) >= 11 is 0. The topological polar surface area (TPSA) is 69.9 Å². The van der Waals surface area contributed by atoms with Crippen molar-refractivity contribution in [1.29, 1.82) is 0 Å². The summed E-state index contributed by atoms with van der Waals surface area (Å²) in [6.45, 7) is 7.05. The molecular formula is C28H32F6O4. The van der Waals surface area contributed by atoms with Gasteiger partial charge in [-0.05, 0) is 67.0 Å². The Hall–Kier alpha value is -2.74. The normalized spacial score (nSPS) is 12.9. The predicted molar refractivity (Wildman–Crippen MR) is 131 cm³/mol. The van der Waals surface area contributed by atoms with Crippen LogP contribution in [0.3, 0.4) is 0 Å². The predicted octanol–water partition coefficient (Wildman–Crippen LogP) is 5.60. The van der Waals surface area contributed by atoms with Gasteiger partial charge in [0, 0.05) is 16.9 Å². The van der Waals surface area contributed by atoms with Crippen LogP contribution >= 0.6 is 0 Å². The monoisotopic (exact) mass is 546 g/mol. The van der Waals surface area contributed by atoms with Crippen LogP contribution in [0.1, 0.15) is 54.5 Å². The fraction of sp³-hybridized carbons (Fsp3) is 0.500. The minimum absolute atomic E-state index is 0.0657. The molecule has 0 unspecified atom stereocenters. The van der Waals surface area contributed by atoms with E-state index >= 15 is 0 Å². The van der Waals surface area contributed by atoms with Crippen molar-refractivity contribution in [1.82, 2.24) is 0 Å². The summed E-state index contributed by atoms with van der Waals surface area (Å²) in [6.07, 6.45) is -10.7. The largest absolute Gasteiger partial charge is 0.493 e. The number of aryl methyl sites for hydroxylation is 2. The second-order valence-electron chi connectivity index (χ2n) is 9.30. The number of aliphatic hydroxyl groups is 3. The van der Waals surface area contributed by atoms with E-state index in [-0.39, 0.29) is 25.4 Å². The van der Waals surface area contributed by atoms with Gasteiger partial charge in [0.1, 0.15) is 5.75 Å². The van der Waals surface area contributed by atoms with E-state index in [0.29, 0.717) is 24.2 Å². The molecule has 0 radical (unpaired) electrons. The molecule has 0 fully saturated rings. The number of benzene rings is 2. The molecule has 0 saturated carbocycles. The molecular weight excluding hydrogens is 514 g/mol. The molecule has 0 aliphatic heterocycles. The van der Waals surface area contributed by atoms with Crippen LogP contribution in [0.25, 0.3) is 0 Å². The number of halogens is 6. The number of aliphatic hydroxyl groups excluding tert-OH is 2. The van der Waals surface area contributed by atoms with Crippen LogP contribution in [0.15, 0.2) is 36.4 Å². The van der Waals surface area contributed by atoms with Crippen molar-refractivity contribution in [3.8, 4) is 17.6 Å². The Morgan fingerprint density at radius 1 is 0.816 bits per heavy atom. The molecule has 0 aromatic heterocycles. The van der Waals surface area contributed by atoms with Gasteiger partial charge in [0.15, 0.2) is 0 Å². The Bertz CT molecular complexity index is 1140. The Balaban J connectivity index is 2.48. The number of rotatable bonds is 9. The van der Waals surface area contributed by atoms with Gasteiger partial charge >= 0.3 is 18.0 Å². The molecule has 0 bridgehead atoms. The molecule has 0 saturated heterocycles. The molecule has 10 heteroatoms. The van der Waals surface area contributed by atoms with Gasteiger partial charge in [-0.1, -0.05) is 44.0 Å². The van der Waals surface area contributed by atoms with Crippen LogP contribution in [0.5, 0.6) is 5.75 Å². The molecule has 3 N–H and O–H groups in total. The third-order valence-corrected chi connectivity index (χ3v) is 6.90. The third kappa shape index (κ3) is 6.28. The molecule has 0 atom stereocenters. The fourth-order valence-corrected chi connectivity index (χ4v) is 4.27. The van der Waals surface area contributed by atoms with Gasteiger partial charge in [0.05, 0.1) is 19.8 Å². The number of alkyl halides is 6. The van der Waals surface area contributed by atoms with Crippen LogP contribution < -0.4 is 4.74 Å². The van der Waals surface area contributed by atoms with Crippen LogP contribution in [-0.4, -0.2) is 53.1 Å². The van der Waals surface area contributed by atoms with Crippen LogP contribution in [0.4, 0.5) is 26.3 Å². The standard InChI is InChI=1S/C28H32F6O4/c1-5-25(6-2,23-9-10-24(19(4)14-23)38-17-20(15-35)16-36)22-8-7-21(18(3)13-22)11-12-26(37,27(29,30)31)28(32,33)34/h7-10,13-14,20,35-37H,5-6,15-17H2,1-4H3. The highest BCUT2D eigenvalue weighted by Crippen LogP contribution is 2.43. The molecule has 2 rings (SSSR count). The van der Waals surface area contributed by atoms with Crippen LogP contribution in [-0.2, 0) is 5.41 Å². The lowest BCUT2D eigenvalue weighted by atomic mass is 9.70. The van der Waals surface area contributed by atoms with E-state index < -0.39 is 29.3 Å². The lowest BCUT2D eigenvalue weighted by molar-refractivity contribution is -0.343. The van der Waals surface area contributed by atoms with Gasteiger partial charge < -0.3 is 20.1 Å². The van der Waals surface area contributed by atoms with Crippen molar-refractivity contribution in [3.63, 3.8) is 0 Å². The van der Waals surface area contributed by atoms with Gasteiger partial charge in [-0.3, -0.25) is 0 Å². The fourth-order valence-electron chi connectivity index (χ4n) is 4.27. The zero-order valence-corrected chi connectivity index (χ0v) is 21.6. The van der Waals surface area contributed by atoms with Crippen molar-refractivity contribution in [2.24, 2.45) is 5.92 Å². The van der Waals surface area contributed by atoms with E-state index in [1.165, 1.54) is 13.0 Å². The number of ether oxygens (including phenoxy) is 1. The maximum atomic E-state index is 13.0. The average Bonchev–Trinajstić information content (AvgIpc) is 2.84. The summed E-state index contributed by atoms with van der Waals surface area (Å²) < 4.78 is 83.7. The molecule has 38 heavy (non-hydrogen) atoms. The third-order valence-electron chi connectivity index (χ3n) is 6.90. The molecule has 0 aliphatic rings. The highest BCUT2D eigenvalue weighted by atomic mass is 19.4. The molecule has 0 spiro atoms. The summed E-state index contributed by atoms with van der Waals surface area (Å²) in [5.74, 6) is 3.06. The first kappa shape index (κ1) is 31.5. The summed E-state index contributed by atoms with van der Waals surface area (Å²) in [5, 5.41) is 27.8.